The second-order valence-electron chi connectivity index (χ2n) is 6.73. The second-order valence-corrected chi connectivity index (χ2v) is 9.08. The topological polar surface area (TPSA) is 70.2 Å². The summed E-state index contributed by atoms with van der Waals surface area (Å²) in [6.45, 7) is 8.84. The number of nitrogens with one attached hydrogen (secondary N) is 3. The van der Waals surface area contributed by atoms with Crippen molar-refractivity contribution in [3.8, 4) is 0 Å². The Kier molecular flexibility index (Phi) is 8.97. The number of rotatable bonds is 8. The summed E-state index contributed by atoms with van der Waals surface area (Å²) in [6.07, 6.45) is 2.14. The SMILES string of the molecule is C=C(Nc1ccc(I)cc1F)S/C(C(C)=O)=C(/C)CC(=O)N[C@@H]1CCCNC1. The quantitative estimate of drug-likeness (QED) is 0.357. The van der Waals surface area contributed by atoms with Crippen molar-refractivity contribution in [3.63, 3.8) is 0 Å². The Morgan fingerprint density at radius 1 is 1.39 bits per heavy atom. The second kappa shape index (κ2) is 11.0. The Morgan fingerprint density at radius 2 is 2.14 bits per heavy atom. The van der Waals surface area contributed by atoms with Crippen molar-refractivity contribution in [2.75, 3.05) is 18.4 Å². The maximum atomic E-state index is 14.0. The van der Waals surface area contributed by atoms with Crippen molar-refractivity contribution >= 4 is 51.7 Å². The van der Waals surface area contributed by atoms with Crippen molar-refractivity contribution < 1.29 is 14.0 Å². The summed E-state index contributed by atoms with van der Waals surface area (Å²) in [4.78, 5) is 24.9. The molecule has 0 radical (unpaired) electrons. The van der Waals surface area contributed by atoms with Crippen molar-refractivity contribution in [2.24, 2.45) is 0 Å². The lowest BCUT2D eigenvalue weighted by Crippen LogP contribution is -2.45. The van der Waals surface area contributed by atoms with Crippen LogP contribution in [0.15, 0.2) is 40.3 Å². The van der Waals surface area contributed by atoms with Crippen LogP contribution in [-0.4, -0.2) is 30.8 Å². The standard InChI is InChI=1S/C20H25FIN3O2S/c1-12(9-19(27)25-16-5-4-8-23-11-16)20(13(2)26)28-14(3)24-18-7-6-15(22)10-17(18)21/h6-7,10,16,23-24H,3-5,8-9,11H2,1-2H3,(H,25,27)/b20-12-/t16-/m1/s1. The first-order valence-electron chi connectivity index (χ1n) is 9.06. The van der Waals surface area contributed by atoms with Crippen molar-refractivity contribution in [1.29, 1.82) is 0 Å². The molecular formula is C20H25FIN3O2S. The van der Waals surface area contributed by atoms with Gasteiger partial charge in [-0.1, -0.05) is 18.3 Å². The van der Waals surface area contributed by atoms with Gasteiger partial charge in [-0.05, 0) is 79.6 Å². The number of hydrogen-bond donors (Lipinski definition) is 3. The van der Waals surface area contributed by atoms with Gasteiger partial charge in [0, 0.05) is 22.6 Å². The average Bonchev–Trinajstić information content (AvgIpc) is 2.62. The monoisotopic (exact) mass is 517 g/mol. The number of carbonyl (C=O) groups is 2. The molecular weight excluding hydrogens is 492 g/mol. The number of benzene rings is 1. The van der Waals surface area contributed by atoms with E-state index in [-0.39, 0.29) is 30.0 Å². The minimum absolute atomic E-state index is 0.104. The van der Waals surface area contributed by atoms with Crippen molar-refractivity contribution in [1.82, 2.24) is 10.6 Å². The molecule has 0 bridgehead atoms. The van der Waals surface area contributed by atoms with Crippen LogP contribution in [0.5, 0.6) is 0 Å². The number of piperidine rings is 1. The molecule has 28 heavy (non-hydrogen) atoms. The maximum absolute atomic E-state index is 14.0. The highest BCUT2D eigenvalue weighted by molar-refractivity contribution is 14.1. The van der Waals surface area contributed by atoms with E-state index in [0.717, 1.165) is 41.3 Å². The first-order chi connectivity index (χ1) is 13.3. The summed E-state index contributed by atoms with van der Waals surface area (Å²) in [6, 6.07) is 4.95. The molecule has 1 aromatic carbocycles. The molecule has 0 aliphatic carbocycles. The zero-order valence-electron chi connectivity index (χ0n) is 16.0. The molecule has 1 saturated heterocycles. The minimum atomic E-state index is -0.390. The Hall–Kier alpha value is -1.39. The Bertz CT molecular complexity index is 792. The number of hydrogen-bond acceptors (Lipinski definition) is 5. The number of amides is 1. The van der Waals surface area contributed by atoms with E-state index < -0.39 is 0 Å². The normalized spacial score (nSPS) is 17.5. The molecule has 1 heterocycles. The van der Waals surface area contributed by atoms with E-state index in [1.807, 2.05) is 22.6 Å². The average molecular weight is 517 g/mol. The molecule has 0 spiro atoms. The summed E-state index contributed by atoms with van der Waals surface area (Å²) in [5.74, 6) is -0.646. The smallest absolute Gasteiger partial charge is 0.224 e. The fourth-order valence-corrected chi connectivity index (χ4v) is 4.17. The lowest BCUT2D eigenvalue weighted by molar-refractivity contribution is -0.121. The number of thioether (sulfide) groups is 1. The van der Waals surface area contributed by atoms with Crippen LogP contribution in [0, 0.1) is 9.39 Å². The van der Waals surface area contributed by atoms with Crippen LogP contribution in [0.1, 0.15) is 33.1 Å². The summed E-state index contributed by atoms with van der Waals surface area (Å²) < 4.78 is 14.8. The third kappa shape index (κ3) is 7.21. The maximum Gasteiger partial charge on any atom is 0.224 e. The Balaban J connectivity index is 2.00. The summed E-state index contributed by atoms with van der Waals surface area (Å²) in [5.41, 5.74) is 0.964. The van der Waals surface area contributed by atoms with E-state index in [0.29, 0.717) is 21.2 Å². The third-order valence-corrected chi connectivity index (χ3v) is 6.09. The van der Waals surface area contributed by atoms with Gasteiger partial charge in [-0.2, -0.15) is 0 Å². The van der Waals surface area contributed by atoms with Crippen LogP contribution in [-0.2, 0) is 9.59 Å². The first kappa shape index (κ1) is 22.9. The number of halogens is 2. The largest absolute Gasteiger partial charge is 0.352 e. The predicted molar refractivity (Wildman–Crippen MR) is 122 cm³/mol. The van der Waals surface area contributed by atoms with E-state index in [1.54, 1.807) is 19.1 Å². The Labute approximate surface area is 183 Å². The number of anilines is 1. The molecule has 1 aromatic rings. The fourth-order valence-electron chi connectivity index (χ4n) is 2.92. The van der Waals surface area contributed by atoms with Gasteiger partial charge < -0.3 is 16.0 Å². The van der Waals surface area contributed by atoms with E-state index in [2.05, 4.69) is 22.5 Å². The molecule has 1 fully saturated rings. The van der Waals surface area contributed by atoms with Gasteiger partial charge >= 0.3 is 0 Å². The first-order valence-corrected chi connectivity index (χ1v) is 11.0. The van der Waals surface area contributed by atoms with E-state index in [1.165, 1.54) is 13.0 Å². The van der Waals surface area contributed by atoms with Gasteiger partial charge in [-0.15, -0.1) is 0 Å². The molecule has 0 unspecified atom stereocenters. The van der Waals surface area contributed by atoms with Crippen LogP contribution in [0.2, 0.25) is 0 Å². The highest BCUT2D eigenvalue weighted by Crippen LogP contribution is 2.30. The molecule has 1 amide bonds. The zero-order chi connectivity index (χ0) is 20.7. The molecule has 152 valence electrons. The minimum Gasteiger partial charge on any atom is -0.352 e. The van der Waals surface area contributed by atoms with Gasteiger partial charge in [0.2, 0.25) is 5.91 Å². The summed E-state index contributed by atoms with van der Waals surface area (Å²) in [5, 5.41) is 9.57. The van der Waals surface area contributed by atoms with Gasteiger partial charge in [0.15, 0.2) is 5.78 Å². The van der Waals surface area contributed by atoms with Crippen LogP contribution in [0.25, 0.3) is 0 Å². The van der Waals surface area contributed by atoms with Crippen LogP contribution < -0.4 is 16.0 Å². The van der Waals surface area contributed by atoms with E-state index >= 15 is 0 Å². The fraction of sp³-hybridized carbons (Fsp3) is 0.400. The summed E-state index contributed by atoms with van der Waals surface area (Å²) in [7, 11) is 0. The van der Waals surface area contributed by atoms with Gasteiger partial charge in [-0.25, -0.2) is 4.39 Å². The van der Waals surface area contributed by atoms with Gasteiger partial charge in [0.25, 0.3) is 0 Å². The van der Waals surface area contributed by atoms with E-state index in [4.69, 9.17) is 0 Å². The molecule has 1 aliphatic heterocycles. The van der Waals surface area contributed by atoms with Crippen LogP contribution in [0.4, 0.5) is 10.1 Å². The van der Waals surface area contributed by atoms with Gasteiger partial charge in [0.1, 0.15) is 5.82 Å². The predicted octanol–water partition coefficient (Wildman–Crippen LogP) is 4.17. The van der Waals surface area contributed by atoms with Gasteiger partial charge in [0.05, 0.1) is 15.6 Å². The highest BCUT2D eigenvalue weighted by atomic mass is 127. The van der Waals surface area contributed by atoms with Crippen LogP contribution >= 0.6 is 34.4 Å². The third-order valence-electron chi connectivity index (χ3n) is 4.23. The van der Waals surface area contributed by atoms with Crippen LogP contribution in [0.3, 0.4) is 0 Å². The zero-order valence-corrected chi connectivity index (χ0v) is 19.0. The molecule has 0 saturated carbocycles. The van der Waals surface area contributed by atoms with Crippen molar-refractivity contribution in [2.45, 2.75) is 39.2 Å². The number of carbonyl (C=O) groups excluding carboxylic acids is 2. The molecule has 8 heteroatoms. The van der Waals surface area contributed by atoms with Gasteiger partial charge in [-0.3, -0.25) is 9.59 Å². The summed E-state index contributed by atoms with van der Waals surface area (Å²) >= 11 is 3.15. The molecule has 1 atom stereocenters. The highest BCUT2D eigenvalue weighted by Gasteiger charge is 2.18. The Morgan fingerprint density at radius 3 is 2.75 bits per heavy atom. The lowest BCUT2D eigenvalue weighted by atomic mass is 10.1. The molecule has 2 rings (SSSR count). The molecule has 5 nitrogen and oxygen atoms in total. The van der Waals surface area contributed by atoms with E-state index in [9.17, 15) is 14.0 Å². The number of ketones is 1. The number of Topliss-reactive ketones (excluding diaryl/α,β-unsaturated/α-hetero) is 1. The van der Waals surface area contributed by atoms with Crippen molar-refractivity contribution in [3.05, 3.63) is 49.7 Å². The number of allylic oxidation sites excluding steroid dienone is 1. The molecule has 0 aromatic heterocycles. The molecule has 3 N–H and O–H groups in total. The lowest BCUT2D eigenvalue weighted by Gasteiger charge is -2.24. The molecule has 1 aliphatic rings.